The number of alkyl halides is 1. The summed E-state index contributed by atoms with van der Waals surface area (Å²) in [5.41, 5.74) is 1.04. The van der Waals surface area contributed by atoms with Crippen LogP contribution in [0.25, 0.3) is 10.2 Å². The van der Waals surface area contributed by atoms with Crippen molar-refractivity contribution >= 4 is 33.2 Å². The Bertz CT molecular complexity index is 584. The number of halogens is 1. The molecule has 0 aliphatic heterocycles. The third-order valence-corrected chi connectivity index (χ3v) is 3.97. The predicted octanol–water partition coefficient (Wildman–Crippen LogP) is 4.41. The van der Waals surface area contributed by atoms with Gasteiger partial charge in [0.15, 0.2) is 0 Å². The molecule has 0 bridgehead atoms. The van der Waals surface area contributed by atoms with Crippen LogP contribution in [0, 0.1) is 0 Å². The van der Waals surface area contributed by atoms with Crippen LogP contribution in [-0.2, 0) is 6.42 Å². The smallest absolute Gasteiger partial charge is 0.122 e. The van der Waals surface area contributed by atoms with Crippen molar-refractivity contribution < 1.29 is 4.42 Å². The van der Waals surface area contributed by atoms with Crippen molar-refractivity contribution in [3.8, 4) is 0 Å². The minimum Gasteiger partial charge on any atom is -0.468 e. The maximum atomic E-state index is 6.28. The van der Waals surface area contributed by atoms with Gasteiger partial charge in [0.1, 0.15) is 5.76 Å². The fourth-order valence-electron chi connectivity index (χ4n) is 1.73. The van der Waals surface area contributed by atoms with Crippen molar-refractivity contribution in [2.75, 3.05) is 0 Å². The number of hydrogen-bond donors (Lipinski definition) is 0. The van der Waals surface area contributed by atoms with Gasteiger partial charge in [-0.05, 0) is 24.3 Å². The van der Waals surface area contributed by atoms with Crippen LogP contribution in [0.15, 0.2) is 47.1 Å². The van der Waals surface area contributed by atoms with Crippen molar-refractivity contribution in [1.82, 2.24) is 4.98 Å². The van der Waals surface area contributed by atoms with E-state index in [0.717, 1.165) is 16.3 Å². The van der Waals surface area contributed by atoms with Crippen LogP contribution in [0.3, 0.4) is 0 Å². The molecule has 0 N–H and O–H groups in total. The highest BCUT2D eigenvalue weighted by Crippen LogP contribution is 2.29. The molecule has 0 radical (unpaired) electrons. The van der Waals surface area contributed by atoms with Gasteiger partial charge in [-0.15, -0.1) is 22.9 Å². The quantitative estimate of drug-likeness (QED) is 0.654. The molecular weight excluding hydrogens is 254 g/mol. The van der Waals surface area contributed by atoms with Crippen molar-refractivity contribution in [3.05, 3.63) is 53.4 Å². The largest absolute Gasteiger partial charge is 0.468 e. The lowest BCUT2D eigenvalue weighted by Gasteiger charge is -2.02. The molecule has 0 aliphatic carbocycles. The summed E-state index contributed by atoms with van der Waals surface area (Å²) in [6.45, 7) is 0. The summed E-state index contributed by atoms with van der Waals surface area (Å²) in [7, 11) is 0. The van der Waals surface area contributed by atoms with Crippen LogP contribution >= 0.6 is 22.9 Å². The summed E-state index contributed by atoms with van der Waals surface area (Å²) in [4.78, 5) is 4.55. The average Bonchev–Trinajstić information content (AvgIpc) is 2.97. The number of aromatic nitrogens is 1. The summed E-state index contributed by atoms with van der Waals surface area (Å²) in [6.07, 6.45) is 2.34. The molecule has 1 atom stereocenters. The standard InChI is InChI=1S/C13H10ClNOS/c14-9(11-5-3-7-16-11)8-13-15-10-4-1-2-6-12(10)17-13/h1-7,9H,8H2. The Morgan fingerprint density at radius 3 is 2.88 bits per heavy atom. The Labute approximate surface area is 108 Å². The van der Waals surface area contributed by atoms with E-state index < -0.39 is 0 Å². The molecule has 86 valence electrons. The van der Waals surface area contributed by atoms with Crippen molar-refractivity contribution in [2.24, 2.45) is 0 Å². The summed E-state index contributed by atoms with van der Waals surface area (Å²) in [6, 6.07) is 11.9. The minimum atomic E-state index is -0.148. The average molecular weight is 264 g/mol. The zero-order valence-electron chi connectivity index (χ0n) is 8.97. The van der Waals surface area contributed by atoms with E-state index in [2.05, 4.69) is 11.1 Å². The van der Waals surface area contributed by atoms with E-state index in [1.807, 2.05) is 30.3 Å². The molecule has 4 heteroatoms. The first kappa shape index (κ1) is 10.8. The molecule has 2 aromatic heterocycles. The van der Waals surface area contributed by atoms with E-state index in [-0.39, 0.29) is 5.38 Å². The number of benzene rings is 1. The van der Waals surface area contributed by atoms with E-state index in [1.165, 1.54) is 4.70 Å². The number of hydrogen-bond acceptors (Lipinski definition) is 3. The zero-order valence-corrected chi connectivity index (χ0v) is 10.5. The molecular formula is C13H10ClNOS. The Kier molecular flexibility index (Phi) is 2.87. The number of thiazole rings is 1. The maximum absolute atomic E-state index is 6.28. The van der Waals surface area contributed by atoms with E-state index in [4.69, 9.17) is 16.0 Å². The predicted molar refractivity (Wildman–Crippen MR) is 70.6 cm³/mol. The third kappa shape index (κ3) is 2.21. The topological polar surface area (TPSA) is 26.0 Å². The summed E-state index contributed by atoms with van der Waals surface area (Å²) in [5.74, 6) is 0.797. The molecule has 0 fully saturated rings. The Morgan fingerprint density at radius 2 is 2.12 bits per heavy atom. The summed E-state index contributed by atoms with van der Waals surface area (Å²) >= 11 is 7.97. The lowest BCUT2D eigenvalue weighted by Crippen LogP contribution is -1.93. The molecule has 0 amide bonds. The molecule has 0 spiro atoms. The Hall–Kier alpha value is -1.32. The molecule has 1 unspecified atom stereocenters. The highest BCUT2D eigenvalue weighted by Gasteiger charge is 2.14. The van der Waals surface area contributed by atoms with Crippen molar-refractivity contribution in [3.63, 3.8) is 0 Å². The second kappa shape index (κ2) is 4.51. The van der Waals surface area contributed by atoms with Crippen LogP contribution in [0.4, 0.5) is 0 Å². The summed E-state index contributed by atoms with van der Waals surface area (Å²) in [5, 5.41) is 0.896. The normalized spacial score (nSPS) is 13.0. The van der Waals surface area contributed by atoms with E-state index in [9.17, 15) is 0 Å². The fraction of sp³-hybridized carbons (Fsp3) is 0.154. The molecule has 0 saturated carbocycles. The maximum Gasteiger partial charge on any atom is 0.122 e. The second-order valence-electron chi connectivity index (χ2n) is 3.76. The van der Waals surface area contributed by atoms with Gasteiger partial charge >= 0.3 is 0 Å². The molecule has 0 saturated heterocycles. The minimum absolute atomic E-state index is 0.148. The molecule has 2 heterocycles. The monoisotopic (exact) mass is 263 g/mol. The first-order valence-electron chi connectivity index (χ1n) is 5.35. The first-order valence-corrected chi connectivity index (χ1v) is 6.60. The van der Waals surface area contributed by atoms with Gasteiger partial charge in [-0.3, -0.25) is 0 Å². The molecule has 1 aromatic carbocycles. The first-order chi connectivity index (χ1) is 8.33. The van der Waals surface area contributed by atoms with Gasteiger partial charge in [0.2, 0.25) is 0 Å². The number of fused-ring (bicyclic) bond motifs is 1. The molecule has 2 nitrogen and oxygen atoms in total. The van der Waals surface area contributed by atoms with Crippen LogP contribution in [0.1, 0.15) is 16.1 Å². The third-order valence-electron chi connectivity index (χ3n) is 2.54. The van der Waals surface area contributed by atoms with Gasteiger partial charge in [0.05, 0.1) is 26.9 Å². The van der Waals surface area contributed by atoms with Crippen LogP contribution in [0.2, 0.25) is 0 Å². The summed E-state index contributed by atoms with van der Waals surface area (Å²) < 4.78 is 6.49. The second-order valence-corrected chi connectivity index (χ2v) is 5.40. The van der Waals surface area contributed by atoms with Gasteiger partial charge in [-0.2, -0.15) is 0 Å². The molecule has 17 heavy (non-hydrogen) atoms. The van der Waals surface area contributed by atoms with Gasteiger partial charge in [-0.1, -0.05) is 12.1 Å². The number of nitrogens with zero attached hydrogens (tertiary/aromatic N) is 1. The van der Waals surface area contributed by atoms with Crippen LogP contribution < -0.4 is 0 Å². The SMILES string of the molecule is ClC(Cc1nc2ccccc2s1)c1ccco1. The van der Waals surface area contributed by atoms with Gasteiger partial charge in [0.25, 0.3) is 0 Å². The van der Waals surface area contributed by atoms with E-state index in [0.29, 0.717) is 6.42 Å². The molecule has 3 aromatic rings. The Balaban J connectivity index is 1.85. The highest BCUT2D eigenvalue weighted by atomic mass is 35.5. The molecule has 0 aliphatic rings. The van der Waals surface area contributed by atoms with Crippen LogP contribution in [0.5, 0.6) is 0 Å². The van der Waals surface area contributed by atoms with E-state index >= 15 is 0 Å². The zero-order chi connectivity index (χ0) is 11.7. The number of para-hydroxylation sites is 1. The van der Waals surface area contributed by atoms with Crippen molar-refractivity contribution in [2.45, 2.75) is 11.8 Å². The Morgan fingerprint density at radius 1 is 1.24 bits per heavy atom. The fourth-order valence-corrected chi connectivity index (χ4v) is 3.11. The van der Waals surface area contributed by atoms with Crippen molar-refractivity contribution in [1.29, 1.82) is 0 Å². The molecule has 3 rings (SSSR count). The highest BCUT2D eigenvalue weighted by molar-refractivity contribution is 7.18. The van der Waals surface area contributed by atoms with Gasteiger partial charge in [0, 0.05) is 6.42 Å². The number of furan rings is 1. The number of rotatable bonds is 3. The van der Waals surface area contributed by atoms with Gasteiger partial charge in [-0.25, -0.2) is 4.98 Å². The lowest BCUT2D eigenvalue weighted by atomic mass is 10.2. The van der Waals surface area contributed by atoms with Crippen LogP contribution in [-0.4, -0.2) is 4.98 Å². The van der Waals surface area contributed by atoms with E-state index in [1.54, 1.807) is 17.6 Å². The lowest BCUT2D eigenvalue weighted by molar-refractivity contribution is 0.502. The van der Waals surface area contributed by atoms with Gasteiger partial charge < -0.3 is 4.42 Å².